The molecule has 0 saturated carbocycles. The van der Waals surface area contributed by atoms with Crippen LogP contribution in [0.1, 0.15) is 0 Å². The largest absolute Gasteiger partial charge is 0.496 e. The Morgan fingerprint density at radius 2 is 1.63 bits per heavy atom. The molecular formula is C23H20ClN3O2S. The van der Waals surface area contributed by atoms with E-state index in [2.05, 4.69) is 10.2 Å². The van der Waals surface area contributed by atoms with Gasteiger partial charge in [-0.25, -0.2) is 0 Å². The highest BCUT2D eigenvalue weighted by Crippen LogP contribution is 2.33. The van der Waals surface area contributed by atoms with Gasteiger partial charge in [-0.3, -0.25) is 4.57 Å². The second-order valence-electron chi connectivity index (χ2n) is 6.33. The Morgan fingerprint density at radius 1 is 0.900 bits per heavy atom. The summed E-state index contributed by atoms with van der Waals surface area (Å²) in [6, 6.07) is 25.2. The summed E-state index contributed by atoms with van der Waals surface area (Å²) in [5, 5.41) is 10.4. The molecule has 4 rings (SSSR count). The molecule has 0 bridgehead atoms. The zero-order valence-electron chi connectivity index (χ0n) is 16.4. The molecule has 0 unspecified atom stereocenters. The standard InChI is InChI=1S/C23H20ClN3O2S/c1-28-21-10-6-5-9-20(21)22-25-26-23(27(22)18-13-11-17(24)12-14-18)30-16-15-29-19-7-3-2-4-8-19/h2-14H,15-16H2,1H3. The quantitative estimate of drug-likeness (QED) is 0.259. The van der Waals surface area contributed by atoms with Crippen molar-refractivity contribution >= 4 is 23.4 Å². The van der Waals surface area contributed by atoms with Gasteiger partial charge in [0, 0.05) is 16.5 Å². The molecule has 1 aromatic heterocycles. The third-order valence-corrected chi connectivity index (χ3v) is 5.54. The Labute approximate surface area is 184 Å². The average Bonchev–Trinajstić information content (AvgIpc) is 3.21. The Kier molecular flexibility index (Phi) is 6.57. The van der Waals surface area contributed by atoms with Crippen LogP contribution in [0.25, 0.3) is 17.1 Å². The van der Waals surface area contributed by atoms with Crippen LogP contribution < -0.4 is 9.47 Å². The first-order chi connectivity index (χ1) is 14.8. The number of thioether (sulfide) groups is 1. The zero-order valence-corrected chi connectivity index (χ0v) is 17.9. The van der Waals surface area contributed by atoms with Gasteiger partial charge in [0.15, 0.2) is 11.0 Å². The molecule has 7 heteroatoms. The molecule has 0 aliphatic carbocycles. The molecule has 4 aromatic rings. The molecule has 3 aromatic carbocycles. The molecule has 0 fully saturated rings. The fraction of sp³-hybridized carbons (Fsp3) is 0.130. The minimum absolute atomic E-state index is 0.562. The number of hydrogen-bond donors (Lipinski definition) is 0. The number of methoxy groups -OCH3 is 1. The lowest BCUT2D eigenvalue weighted by Crippen LogP contribution is -2.04. The monoisotopic (exact) mass is 437 g/mol. The Hall–Kier alpha value is -2.96. The number of rotatable bonds is 8. The second kappa shape index (κ2) is 9.69. The average molecular weight is 438 g/mol. The maximum absolute atomic E-state index is 6.10. The van der Waals surface area contributed by atoms with E-state index in [0.29, 0.717) is 17.5 Å². The molecule has 0 radical (unpaired) electrons. The van der Waals surface area contributed by atoms with E-state index < -0.39 is 0 Å². The van der Waals surface area contributed by atoms with Crippen molar-refractivity contribution in [3.05, 3.63) is 83.9 Å². The maximum Gasteiger partial charge on any atom is 0.196 e. The van der Waals surface area contributed by atoms with Gasteiger partial charge < -0.3 is 9.47 Å². The second-order valence-corrected chi connectivity index (χ2v) is 7.83. The van der Waals surface area contributed by atoms with Crippen LogP contribution in [0.5, 0.6) is 11.5 Å². The molecule has 0 saturated heterocycles. The van der Waals surface area contributed by atoms with Crippen molar-refractivity contribution in [3.8, 4) is 28.6 Å². The van der Waals surface area contributed by atoms with Crippen LogP contribution in [0.15, 0.2) is 84.0 Å². The molecule has 0 aliphatic rings. The van der Waals surface area contributed by atoms with Gasteiger partial charge in [-0.2, -0.15) is 0 Å². The third kappa shape index (κ3) is 4.61. The molecule has 5 nitrogen and oxygen atoms in total. The van der Waals surface area contributed by atoms with Gasteiger partial charge in [0.1, 0.15) is 11.5 Å². The minimum Gasteiger partial charge on any atom is -0.496 e. The number of hydrogen-bond acceptors (Lipinski definition) is 5. The highest BCUT2D eigenvalue weighted by atomic mass is 35.5. The molecule has 0 aliphatic heterocycles. The molecule has 152 valence electrons. The van der Waals surface area contributed by atoms with E-state index in [1.807, 2.05) is 83.4 Å². The van der Waals surface area contributed by atoms with Crippen molar-refractivity contribution in [1.82, 2.24) is 14.8 Å². The topological polar surface area (TPSA) is 49.2 Å². The lowest BCUT2D eigenvalue weighted by Gasteiger charge is -2.12. The predicted octanol–water partition coefficient (Wildman–Crippen LogP) is 5.77. The molecule has 0 N–H and O–H groups in total. The van der Waals surface area contributed by atoms with Crippen molar-refractivity contribution in [3.63, 3.8) is 0 Å². The van der Waals surface area contributed by atoms with Gasteiger partial charge in [0.2, 0.25) is 0 Å². The lowest BCUT2D eigenvalue weighted by molar-refractivity contribution is 0.344. The highest BCUT2D eigenvalue weighted by Gasteiger charge is 2.19. The highest BCUT2D eigenvalue weighted by molar-refractivity contribution is 7.99. The normalized spacial score (nSPS) is 10.7. The van der Waals surface area contributed by atoms with Crippen molar-refractivity contribution in [2.24, 2.45) is 0 Å². The van der Waals surface area contributed by atoms with E-state index in [1.54, 1.807) is 18.9 Å². The van der Waals surface area contributed by atoms with Gasteiger partial charge in [0.05, 0.1) is 19.3 Å². The number of halogens is 1. The van der Waals surface area contributed by atoms with E-state index in [4.69, 9.17) is 21.1 Å². The minimum atomic E-state index is 0.562. The van der Waals surface area contributed by atoms with E-state index in [9.17, 15) is 0 Å². The summed E-state index contributed by atoms with van der Waals surface area (Å²) in [6.45, 7) is 0.562. The first kappa shape index (κ1) is 20.3. The van der Waals surface area contributed by atoms with Gasteiger partial charge in [0.25, 0.3) is 0 Å². The predicted molar refractivity (Wildman–Crippen MR) is 121 cm³/mol. The summed E-state index contributed by atoms with van der Waals surface area (Å²) in [5.74, 6) is 3.03. The molecular weight excluding hydrogens is 418 g/mol. The molecule has 0 spiro atoms. The fourth-order valence-corrected chi connectivity index (χ4v) is 3.89. The molecule has 30 heavy (non-hydrogen) atoms. The summed E-state index contributed by atoms with van der Waals surface area (Å²) in [6.07, 6.45) is 0. The number of aromatic nitrogens is 3. The first-order valence-electron chi connectivity index (χ1n) is 9.41. The summed E-state index contributed by atoms with van der Waals surface area (Å²) in [7, 11) is 1.65. The summed E-state index contributed by atoms with van der Waals surface area (Å²) in [5.41, 5.74) is 1.80. The number of ether oxygens (including phenoxy) is 2. The lowest BCUT2D eigenvalue weighted by atomic mass is 10.2. The van der Waals surface area contributed by atoms with Crippen LogP contribution in [0, 0.1) is 0 Å². The van der Waals surface area contributed by atoms with E-state index in [-0.39, 0.29) is 0 Å². The van der Waals surface area contributed by atoms with Crippen LogP contribution >= 0.6 is 23.4 Å². The van der Waals surface area contributed by atoms with Crippen molar-refractivity contribution in [2.45, 2.75) is 5.16 Å². The summed E-state index contributed by atoms with van der Waals surface area (Å²) in [4.78, 5) is 0. The number of para-hydroxylation sites is 2. The smallest absolute Gasteiger partial charge is 0.196 e. The van der Waals surface area contributed by atoms with Gasteiger partial charge >= 0.3 is 0 Å². The van der Waals surface area contributed by atoms with Crippen LogP contribution in [0.2, 0.25) is 5.02 Å². The molecule has 1 heterocycles. The van der Waals surface area contributed by atoms with Crippen LogP contribution in [-0.4, -0.2) is 34.2 Å². The number of nitrogens with zero attached hydrogens (tertiary/aromatic N) is 3. The maximum atomic E-state index is 6.10. The Bertz CT molecular complexity index is 1100. The third-order valence-electron chi connectivity index (χ3n) is 4.39. The van der Waals surface area contributed by atoms with E-state index in [0.717, 1.165) is 33.7 Å². The van der Waals surface area contributed by atoms with Crippen molar-refractivity contribution < 1.29 is 9.47 Å². The van der Waals surface area contributed by atoms with E-state index in [1.165, 1.54) is 0 Å². The van der Waals surface area contributed by atoms with Gasteiger partial charge in [-0.05, 0) is 48.5 Å². The molecule has 0 amide bonds. The van der Waals surface area contributed by atoms with Crippen molar-refractivity contribution in [2.75, 3.05) is 19.5 Å². The summed E-state index contributed by atoms with van der Waals surface area (Å²) < 4.78 is 13.4. The summed E-state index contributed by atoms with van der Waals surface area (Å²) >= 11 is 7.68. The Balaban J connectivity index is 1.62. The van der Waals surface area contributed by atoms with Gasteiger partial charge in [-0.15, -0.1) is 10.2 Å². The first-order valence-corrected chi connectivity index (χ1v) is 10.8. The van der Waals surface area contributed by atoms with Gasteiger partial charge in [-0.1, -0.05) is 53.7 Å². The van der Waals surface area contributed by atoms with Crippen LogP contribution in [0.4, 0.5) is 0 Å². The number of benzene rings is 3. The fourth-order valence-electron chi connectivity index (χ4n) is 3.00. The van der Waals surface area contributed by atoms with Crippen molar-refractivity contribution in [1.29, 1.82) is 0 Å². The zero-order chi connectivity index (χ0) is 20.8. The van der Waals surface area contributed by atoms with Crippen LogP contribution in [-0.2, 0) is 0 Å². The van der Waals surface area contributed by atoms with E-state index >= 15 is 0 Å². The van der Waals surface area contributed by atoms with Crippen LogP contribution in [0.3, 0.4) is 0 Å². The molecule has 0 atom stereocenters. The SMILES string of the molecule is COc1ccccc1-c1nnc(SCCOc2ccccc2)n1-c1ccc(Cl)cc1. The Morgan fingerprint density at radius 3 is 2.40 bits per heavy atom.